The molecule has 0 unspecified atom stereocenters. The smallest absolute Gasteiger partial charge is 0.255 e. The molecule has 1 aromatic heterocycles. The number of nitrogens with one attached hydrogen (secondary N) is 1. The van der Waals surface area contributed by atoms with Gasteiger partial charge in [-0.2, -0.15) is 0 Å². The predicted octanol–water partition coefficient (Wildman–Crippen LogP) is 3.27. The molecule has 2 aliphatic rings. The first-order valence-corrected chi connectivity index (χ1v) is 10.3. The lowest BCUT2D eigenvalue weighted by Crippen LogP contribution is -2.39. The van der Waals surface area contributed by atoms with E-state index in [0.717, 1.165) is 25.2 Å². The zero-order chi connectivity index (χ0) is 20.4. The number of hydrogen-bond donors (Lipinski definition) is 1. The molecule has 0 saturated carbocycles. The van der Waals surface area contributed by atoms with Crippen LogP contribution in [-0.2, 0) is 10.3 Å². The van der Waals surface area contributed by atoms with E-state index in [2.05, 4.69) is 36.3 Å². The van der Waals surface area contributed by atoms with Gasteiger partial charge < -0.3 is 15.1 Å². The lowest BCUT2D eigenvalue weighted by Gasteiger charge is -2.27. The first-order chi connectivity index (χ1) is 13.9. The Morgan fingerprint density at radius 1 is 1.14 bits per heavy atom. The van der Waals surface area contributed by atoms with Gasteiger partial charge in [-0.3, -0.25) is 9.59 Å². The maximum absolute atomic E-state index is 12.9. The summed E-state index contributed by atoms with van der Waals surface area (Å²) in [6.07, 6.45) is 4.07. The van der Waals surface area contributed by atoms with E-state index in [1.165, 1.54) is 5.56 Å². The molecule has 6 heteroatoms. The molecule has 2 aliphatic heterocycles. The third-order valence-electron chi connectivity index (χ3n) is 5.95. The van der Waals surface area contributed by atoms with Gasteiger partial charge in [0, 0.05) is 32.3 Å². The van der Waals surface area contributed by atoms with E-state index >= 15 is 0 Å². The Hall–Kier alpha value is -2.89. The minimum absolute atomic E-state index is 0.0134. The average molecular weight is 393 g/mol. The van der Waals surface area contributed by atoms with Gasteiger partial charge in [-0.25, -0.2) is 4.98 Å². The van der Waals surface area contributed by atoms with Crippen molar-refractivity contribution in [3.8, 4) is 0 Å². The van der Waals surface area contributed by atoms with E-state index in [1.54, 1.807) is 6.20 Å². The normalized spacial score (nSPS) is 19.7. The Bertz CT molecular complexity index is 880. The monoisotopic (exact) mass is 392 g/mol. The highest BCUT2D eigenvalue weighted by molar-refractivity contribution is 5.94. The van der Waals surface area contributed by atoms with Crippen LogP contribution < -0.4 is 5.32 Å². The van der Waals surface area contributed by atoms with Crippen molar-refractivity contribution >= 4 is 17.6 Å². The third kappa shape index (κ3) is 4.11. The molecule has 6 nitrogen and oxygen atoms in total. The van der Waals surface area contributed by atoms with Gasteiger partial charge in [-0.1, -0.05) is 30.3 Å². The number of carbonyl (C=O) groups is 2. The lowest BCUT2D eigenvalue weighted by atomic mass is 9.94. The highest BCUT2D eigenvalue weighted by atomic mass is 16.2. The van der Waals surface area contributed by atoms with Crippen molar-refractivity contribution in [2.24, 2.45) is 0 Å². The molecular weight excluding hydrogens is 364 g/mol. The average Bonchev–Trinajstić information content (AvgIpc) is 3.37. The second kappa shape index (κ2) is 7.85. The summed E-state index contributed by atoms with van der Waals surface area (Å²) in [7, 11) is 0. The van der Waals surface area contributed by atoms with Crippen LogP contribution in [0.1, 0.15) is 49.0 Å². The summed E-state index contributed by atoms with van der Waals surface area (Å²) in [5.74, 6) is 0.945. The quantitative estimate of drug-likeness (QED) is 0.848. The van der Waals surface area contributed by atoms with Gasteiger partial charge >= 0.3 is 0 Å². The lowest BCUT2D eigenvalue weighted by molar-refractivity contribution is -0.129. The molecule has 1 atom stereocenters. The van der Waals surface area contributed by atoms with Gasteiger partial charge in [0.1, 0.15) is 5.82 Å². The van der Waals surface area contributed by atoms with Crippen molar-refractivity contribution in [3.05, 3.63) is 59.8 Å². The molecule has 2 saturated heterocycles. The summed E-state index contributed by atoms with van der Waals surface area (Å²) in [6, 6.07) is 14.1. The topological polar surface area (TPSA) is 65.5 Å². The second-order valence-corrected chi connectivity index (χ2v) is 8.43. The minimum atomic E-state index is -0.274. The van der Waals surface area contributed by atoms with Crippen LogP contribution in [0, 0.1) is 0 Å². The van der Waals surface area contributed by atoms with Crippen LogP contribution in [0.3, 0.4) is 0 Å². The number of nitrogens with zero attached hydrogens (tertiary/aromatic N) is 3. The van der Waals surface area contributed by atoms with E-state index in [0.29, 0.717) is 25.1 Å². The fraction of sp³-hybridized carbons (Fsp3) is 0.435. The molecule has 2 fully saturated rings. The largest absolute Gasteiger partial charge is 0.361 e. The van der Waals surface area contributed by atoms with E-state index in [1.807, 2.05) is 40.1 Å². The fourth-order valence-corrected chi connectivity index (χ4v) is 4.26. The van der Waals surface area contributed by atoms with Gasteiger partial charge in [0.25, 0.3) is 5.91 Å². The Kier molecular flexibility index (Phi) is 5.26. The Morgan fingerprint density at radius 3 is 2.59 bits per heavy atom. The molecule has 0 aliphatic carbocycles. The van der Waals surface area contributed by atoms with Gasteiger partial charge in [0.2, 0.25) is 5.91 Å². The van der Waals surface area contributed by atoms with E-state index in [-0.39, 0.29) is 23.4 Å². The van der Waals surface area contributed by atoms with Gasteiger partial charge in [-0.15, -0.1) is 0 Å². The highest BCUT2D eigenvalue weighted by Crippen LogP contribution is 2.25. The number of pyridine rings is 1. The van der Waals surface area contributed by atoms with Crippen molar-refractivity contribution in [3.63, 3.8) is 0 Å². The molecule has 4 rings (SSSR count). The number of anilines is 1. The van der Waals surface area contributed by atoms with Gasteiger partial charge in [0.15, 0.2) is 0 Å². The highest BCUT2D eigenvalue weighted by Gasteiger charge is 2.35. The van der Waals surface area contributed by atoms with Crippen molar-refractivity contribution in [1.82, 2.24) is 14.8 Å². The van der Waals surface area contributed by atoms with Crippen LogP contribution in [-0.4, -0.2) is 52.3 Å². The molecule has 152 valence electrons. The number of likely N-dealkylation sites (tertiary alicyclic amines) is 2. The van der Waals surface area contributed by atoms with Crippen LogP contribution >= 0.6 is 0 Å². The Labute approximate surface area is 171 Å². The Balaban J connectivity index is 1.39. The number of aromatic nitrogens is 1. The molecule has 3 heterocycles. The Morgan fingerprint density at radius 2 is 1.93 bits per heavy atom. The number of amides is 2. The summed E-state index contributed by atoms with van der Waals surface area (Å²) >= 11 is 0. The number of benzene rings is 1. The second-order valence-electron chi connectivity index (χ2n) is 8.43. The molecule has 29 heavy (non-hydrogen) atoms. The predicted molar refractivity (Wildman–Crippen MR) is 113 cm³/mol. The van der Waals surface area contributed by atoms with E-state index in [9.17, 15) is 9.59 Å². The summed E-state index contributed by atoms with van der Waals surface area (Å²) in [4.78, 5) is 33.1. The van der Waals surface area contributed by atoms with Crippen LogP contribution in [0.4, 0.5) is 5.82 Å². The molecule has 0 bridgehead atoms. The van der Waals surface area contributed by atoms with Crippen LogP contribution in [0.25, 0.3) is 0 Å². The van der Waals surface area contributed by atoms with Crippen molar-refractivity contribution < 1.29 is 9.59 Å². The molecule has 1 aromatic carbocycles. The number of carbonyl (C=O) groups excluding carboxylic acids is 2. The molecule has 0 spiro atoms. The maximum Gasteiger partial charge on any atom is 0.255 e. The zero-order valence-electron chi connectivity index (χ0n) is 17.1. The standard InChI is InChI=1S/C23H28N4O2/c1-23(2,18-7-4-3-5-8-18)25-20-11-10-17(15-24-20)22(29)26-14-12-19(16-26)27-13-6-9-21(27)28/h3-5,7-8,10-11,15,19H,6,9,12-14,16H2,1-2H3,(H,24,25)/t19-/m0/s1. The van der Waals surface area contributed by atoms with Gasteiger partial charge in [-0.05, 0) is 44.4 Å². The SMILES string of the molecule is CC(C)(Nc1ccc(C(=O)N2CC[C@H](N3CCCC3=O)C2)cn1)c1ccccc1. The minimum Gasteiger partial charge on any atom is -0.361 e. The zero-order valence-corrected chi connectivity index (χ0v) is 17.1. The molecule has 2 amide bonds. The summed E-state index contributed by atoms with van der Waals surface area (Å²) in [5.41, 5.74) is 1.48. The molecular formula is C23H28N4O2. The number of hydrogen-bond acceptors (Lipinski definition) is 4. The maximum atomic E-state index is 12.9. The third-order valence-corrected chi connectivity index (χ3v) is 5.95. The van der Waals surface area contributed by atoms with Crippen molar-refractivity contribution in [2.75, 3.05) is 25.0 Å². The molecule has 2 aromatic rings. The van der Waals surface area contributed by atoms with Crippen LogP contribution in [0.5, 0.6) is 0 Å². The summed E-state index contributed by atoms with van der Waals surface area (Å²) < 4.78 is 0. The molecule has 0 radical (unpaired) electrons. The van der Waals surface area contributed by atoms with Crippen LogP contribution in [0.15, 0.2) is 48.7 Å². The summed E-state index contributed by atoms with van der Waals surface area (Å²) in [6.45, 7) is 6.34. The van der Waals surface area contributed by atoms with E-state index < -0.39 is 0 Å². The van der Waals surface area contributed by atoms with Gasteiger partial charge in [0.05, 0.1) is 17.1 Å². The van der Waals surface area contributed by atoms with Crippen molar-refractivity contribution in [2.45, 2.75) is 44.7 Å². The first kappa shape index (κ1) is 19.4. The molecule has 1 N–H and O–H groups in total. The first-order valence-electron chi connectivity index (χ1n) is 10.3. The van der Waals surface area contributed by atoms with E-state index in [4.69, 9.17) is 0 Å². The fourth-order valence-electron chi connectivity index (χ4n) is 4.26. The van der Waals surface area contributed by atoms with Crippen molar-refractivity contribution in [1.29, 1.82) is 0 Å². The van der Waals surface area contributed by atoms with Crippen LogP contribution in [0.2, 0.25) is 0 Å². The number of rotatable bonds is 5. The summed E-state index contributed by atoms with van der Waals surface area (Å²) in [5, 5.41) is 3.44.